The third kappa shape index (κ3) is 3.86. The van der Waals surface area contributed by atoms with Gasteiger partial charge in [-0.05, 0) is 75.4 Å². The predicted octanol–water partition coefficient (Wildman–Crippen LogP) is 2.91. The van der Waals surface area contributed by atoms with Crippen LogP contribution in [0.25, 0.3) is 11.2 Å². The highest BCUT2D eigenvalue weighted by Crippen LogP contribution is 2.27. The maximum atomic E-state index is 13.1. The Kier molecular flexibility index (Phi) is 5.83. The van der Waals surface area contributed by atoms with E-state index in [0.29, 0.717) is 25.6 Å². The second kappa shape index (κ2) is 8.90. The summed E-state index contributed by atoms with van der Waals surface area (Å²) in [7, 11) is 0. The quantitative estimate of drug-likeness (QED) is 0.621. The fourth-order valence-electron chi connectivity index (χ4n) is 5.27. The van der Waals surface area contributed by atoms with Crippen molar-refractivity contribution in [3.63, 3.8) is 0 Å². The number of hydrogen-bond donors (Lipinski definition) is 0. The highest BCUT2D eigenvalue weighted by molar-refractivity contribution is 5.96. The van der Waals surface area contributed by atoms with Gasteiger partial charge in [-0.3, -0.25) is 18.8 Å². The van der Waals surface area contributed by atoms with Crippen LogP contribution in [-0.4, -0.2) is 51.1 Å². The van der Waals surface area contributed by atoms with Gasteiger partial charge in [-0.2, -0.15) is 0 Å². The minimum atomic E-state index is 0.0302. The number of para-hydroxylation sites is 1. The first-order chi connectivity index (χ1) is 15.7. The van der Waals surface area contributed by atoms with E-state index < -0.39 is 0 Å². The molecule has 168 valence electrons. The fourth-order valence-corrected chi connectivity index (χ4v) is 5.27. The Labute approximate surface area is 188 Å². The maximum Gasteiger partial charge on any atom is 0.330 e. The Morgan fingerprint density at radius 2 is 1.88 bits per heavy atom. The number of anilines is 1. The van der Waals surface area contributed by atoms with Crippen LogP contribution >= 0.6 is 0 Å². The molecule has 1 saturated heterocycles. The molecular formula is C25H31N5O2. The van der Waals surface area contributed by atoms with Crippen molar-refractivity contribution in [1.29, 1.82) is 0 Å². The van der Waals surface area contributed by atoms with Crippen LogP contribution in [0.5, 0.6) is 0 Å². The van der Waals surface area contributed by atoms with E-state index in [2.05, 4.69) is 28.1 Å². The third-order valence-electron chi connectivity index (χ3n) is 7.01. The lowest BCUT2D eigenvalue weighted by molar-refractivity contribution is -0.120. The van der Waals surface area contributed by atoms with E-state index >= 15 is 0 Å². The molecule has 0 spiro atoms. The predicted molar refractivity (Wildman–Crippen MR) is 126 cm³/mol. The molecule has 7 nitrogen and oxygen atoms in total. The molecule has 0 aliphatic carbocycles. The van der Waals surface area contributed by atoms with Crippen LogP contribution in [0.2, 0.25) is 0 Å². The number of hydrogen-bond acceptors (Lipinski definition) is 4. The van der Waals surface area contributed by atoms with Gasteiger partial charge in [0.2, 0.25) is 5.91 Å². The number of nitrogens with zero attached hydrogens (tertiary/aromatic N) is 5. The molecular weight excluding hydrogens is 402 g/mol. The molecule has 3 aromatic rings. The van der Waals surface area contributed by atoms with Gasteiger partial charge in [-0.15, -0.1) is 0 Å². The van der Waals surface area contributed by atoms with E-state index in [1.54, 1.807) is 10.8 Å². The topological polar surface area (TPSA) is 63.4 Å². The summed E-state index contributed by atoms with van der Waals surface area (Å²) in [6.07, 6.45) is 5.81. The van der Waals surface area contributed by atoms with E-state index in [-0.39, 0.29) is 11.6 Å². The number of fused-ring (bicyclic) bond motifs is 2. The number of rotatable bonds is 5. The van der Waals surface area contributed by atoms with Gasteiger partial charge in [-0.25, -0.2) is 9.78 Å². The summed E-state index contributed by atoms with van der Waals surface area (Å²) in [6, 6.07) is 12.1. The number of carbonyl (C=O) groups is 1. The number of aromatic nitrogens is 3. The molecule has 7 heteroatoms. The van der Waals surface area contributed by atoms with Crippen LogP contribution in [0.3, 0.4) is 0 Å². The Bertz CT molecular complexity index is 1170. The molecule has 0 saturated carbocycles. The van der Waals surface area contributed by atoms with Crippen molar-refractivity contribution in [2.75, 3.05) is 31.1 Å². The minimum Gasteiger partial charge on any atom is -0.311 e. The smallest absolute Gasteiger partial charge is 0.311 e. The number of piperidine rings is 1. The zero-order chi connectivity index (χ0) is 22.1. The number of pyridine rings is 1. The third-order valence-corrected chi connectivity index (χ3v) is 7.01. The average Bonchev–Trinajstić information content (AvgIpc) is 3.10. The fraction of sp³-hybridized carbons (Fsp3) is 0.480. The Hall–Kier alpha value is -2.93. The van der Waals surface area contributed by atoms with Crippen LogP contribution in [-0.2, 0) is 24.3 Å². The molecule has 1 aromatic carbocycles. The van der Waals surface area contributed by atoms with Gasteiger partial charge in [0.25, 0.3) is 0 Å². The summed E-state index contributed by atoms with van der Waals surface area (Å²) in [6.45, 7) is 6.39. The van der Waals surface area contributed by atoms with Gasteiger partial charge >= 0.3 is 5.69 Å². The second-order valence-electron chi connectivity index (χ2n) is 8.98. The van der Waals surface area contributed by atoms with E-state index in [1.165, 1.54) is 5.56 Å². The van der Waals surface area contributed by atoms with Gasteiger partial charge in [0.15, 0.2) is 5.65 Å². The monoisotopic (exact) mass is 433 g/mol. The van der Waals surface area contributed by atoms with Crippen molar-refractivity contribution in [2.24, 2.45) is 5.92 Å². The lowest BCUT2D eigenvalue weighted by Gasteiger charge is -2.35. The van der Waals surface area contributed by atoms with Gasteiger partial charge in [0, 0.05) is 31.5 Å². The van der Waals surface area contributed by atoms with Gasteiger partial charge in [0.1, 0.15) is 0 Å². The first-order valence-corrected chi connectivity index (χ1v) is 11.8. The first kappa shape index (κ1) is 20.9. The number of benzene rings is 1. The molecule has 4 heterocycles. The summed E-state index contributed by atoms with van der Waals surface area (Å²) in [5.41, 5.74) is 4.07. The summed E-state index contributed by atoms with van der Waals surface area (Å²) >= 11 is 0. The van der Waals surface area contributed by atoms with E-state index in [1.807, 2.05) is 34.6 Å². The van der Waals surface area contributed by atoms with Crippen LogP contribution in [0, 0.1) is 5.92 Å². The van der Waals surface area contributed by atoms with Crippen LogP contribution < -0.4 is 10.6 Å². The lowest BCUT2D eigenvalue weighted by atomic mass is 9.96. The second-order valence-corrected chi connectivity index (χ2v) is 8.98. The molecule has 2 aromatic heterocycles. The number of imidazole rings is 1. The van der Waals surface area contributed by atoms with Gasteiger partial charge in [0.05, 0.1) is 12.1 Å². The number of aryl methyl sites for hydroxylation is 2. The molecule has 0 atom stereocenters. The molecule has 1 fully saturated rings. The summed E-state index contributed by atoms with van der Waals surface area (Å²) in [5.74, 6) is 0.620. The Balaban J connectivity index is 1.22. The standard InChI is InChI=1S/C25H31N5O2/c1-2-28-22-10-5-13-26-24(22)30(25(28)32)17-19-11-15-27(16-12-19)18-23(31)29-14-6-8-20-7-3-4-9-21(20)29/h3-5,7,9-10,13,19H,2,6,8,11-12,14-18H2,1H3. The molecule has 0 radical (unpaired) electrons. The molecule has 0 N–H and O–H groups in total. The molecule has 32 heavy (non-hydrogen) atoms. The van der Waals surface area contributed by atoms with Crippen molar-refractivity contribution in [1.82, 2.24) is 19.0 Å². The van der Waals surface area contributed by atoms with Crippen LogP contribution in [0.15, 0.2) is 47.4 Å². The SMILES string of the molecule is CCn1c(=O)n(CC2CCN(CC(=O)N3CCCc4ccccc43)CC2)c2ncccc21. The van der Waals surface area contributed by atoms with E-state index in [4.69, 9.17) is 0 Å². The van der Waals surface area contributed by atoms with E-state index in [9.17, 15) is 9.59 Å². The highest BCUT2D eigenvalue weighted by atomic mass is 16.2. The van der Waals surface area contributed by atoms with Crippen molar-refractivity contribution in [2.45, 2.75) is 45.7 Å². The normalized spacial score (nSPS) is 17.6. The first-order valence-electron chi connectivity index (χ1n) is 11.8. The van der Waals surface area contributed by atoms with E-state index in [0.717, 1.165) is 62.2 Å². The van der Waals surface area contributed by atoms with Crippen LogP contribution in [0.4, 0.5) is 5.69 Å². The van der Waals surface area contributed by atoms with Crippen molar-refractivity contribution in [3.8, 4) is 0 Å². The van der Waals surface area contributed by atoms with Crippen molar-refractivity contribution in [3.05, 3.63) is 58.6 Å². The summed E-state index contributed by atoms with van der Waals surface area (Å²) in [4.78, 5) is 34.7. The summed E-state index contributed by atoms with van der Waals surface area (Å²) < 4.78 is 3.64. The Morgan fingerprint density at radius 1 is 1.06 bits per heavy atom. The largest absolute Gasteiger partial charge is 0.330 e. The van der Waals surface area contributed by atoms with Gasteiger partial charge in [-0.1, -0.05) is 18.2 Å². The highest BCUT2D eigenvalue weighted by Gasteiger charge is 2.27. The maximum absolute atomic E-state index is 13.1. The lowest BCUT2D eigenvalue weighted by Crippen LogP contribution is -2.45. The van der Waals surface area contributed by atoms with Crippen molar-refractivity contribution < 1.29 is 4.79 Å². The van der Waals surface area contributed by atoms with Gasteiger partial charge < -0.3 is 4.90 Å². The molecule has 1 amide bonds. The molecule has 0 bridgehead atoms. The Morgan fingerprint density at radius 3 is 2.69 bits per heavy atom. The molecule has 2 aliphatic heterocycles. The zero-order valence-corrected chi connectivity index (χ0v) is 18.7. The number of carbonyl (C=O) groups excluding carboxylic acids is 1. The molecule has 2 aliphatic rings. The minimum absolute atomic E-state index is 0.0302. The molecule has 5 rings (SSSR count). The van der Waals surface area contributed by atoms with Crippen LogP contribution in [0.1, 0.15) is 31.7 Å². The number of amides is 1. The summed E-state index contributed by atoms with van der Waals surface area (Å²) in [5, 5.41) is 0. The zero-order valence-electron chi connectivity index (χ0n) is 18.7. The average molecular weight is 434 g/mol. The molecule has 0 unspecified atom stereocenters. The number of likely N-dealkylation sites (tertiary alicyclic amines) is 1. The van der Waals surface area contributed by atoms with Crippen molar-refractivity contribution >= 4 is 22.8 Å².